The van der Waals surface area contributed by atoms with Crippen molar-refractivity contribution >= 4 is 0 Å². The lowest BCUT2D eigenvalue weighted by Gasteiger charge is -2.31. The van der Waals surface area contributed by atoms with E-state index in [1.807, 2.05) is 18.2 Å². The minimum atomic E-state index is -1.80. The predicted molar refractivity (Wildman–Crippen MR) is 80.1 cm³/mol. The predicted octanol–water partition coefficient (Wildman–Crippen LogP) is -0.00120. The highest BCUT2D eigenvalue weighted by molar-refractivity contribution is 5.38. The van der Waals surface area contributed by atoms with Gasteiger partial charge in [0, 0.05) is 5.56 Å². The summed E-state index contributed by atoms with van der Waals surface area (Å²) in [7, 11) is 0. The lowest BCUT2D eigenvalue weighted by Crippen LogP contribution is -2.53. The first-order valence-corrected chi connectivity index (χ1v) is 7.46. The van der Waals surface area contributed by atoms with Gasteiger partial charge in [0.2, 0.25) is 0 Å². The summed E-state index contributed by atoms with van der Waals surface area (Å²) in [6.07, 6.45) is -4.16. The van der Waals surface area contributed by atoms with Crippen LogP contribution in [-0.4, -0.2) is 57.9 Å². The molecule has 6 heteroatoms. The number of rotatable bonds is 2. The summed E-state index contributed by atoms with van der Waals surface area (Å²) >= 11 is 0. The lowest BCUT2D eigenvalue weighted by atomic mass is 9.89. The van der Waals surface area contributed by atoms with Crippen LogP contribution in [0.5, 0.6) is 0 Å². The lowest BCUT2D eigenvalue weighted by molar-refractivity contribution is -0.235. The Balaban J connectivity index is 1.95. The molecule has 0 bridgehead atoms. The number of benzene rings is 1. The molecule has 0 radical (unpaired) electrons. The standard InChI is InChI=1S/C17H20O6/c1-16(2)22-14-15(23-16)21-13(12(19)10-18)17(14,20)9-8-11-6-4-3-5-7-11/h3-7,12-15,18-20H,10H2,1-2H3/t12-,13-,14+,15-,17+/m1/s1. The Morgan fingerprint density at radius 2 is 1.91 bits per heavy atom. The van der Waals surface area contributed by atoms with E-state index in [-0.39, 0.29) is 0 Å². The highest BCUT2D eigenvalue weighted by atomic mass is 16.8. The van der Waals surface area contributed by atoms with Gasteiger partial charge in [0.1, 0.15) is 12.2 Å². The van der Waals surface area contributed by atoms with E-state index >= 15 is 0 Å². The number of hydrogen-bond donors (Lipinski definition) is 3. The molecule has 0 aromatic heterocycles. The molecule has 3 N–H and O–H groups in total. The number of aliphatic hydroxyl groups is 3. The van der Waals surface area contributed by atoms with Gasteiger partial charge in [0.25, 0.3) is 0 Å². The van der Waals surface area contributed by atoms with Crippen LogP contribution in [0.4, 0.5) is 0 Å². The van der Waals surface area contributed by atoms with Gasteiger partial charge in [-0.2, -0.15) is 0 Å². The maximum absolute atomic E-state index is 11.0. The van der Waals surface area contributed by atoms with Gasteiger partial charge >= 0.3 is 0 Å². The van der Waals surface area contributed by atoms with E-state index in [4.69, 9.17) is 14.2 Å². The number of fused-ring (bicyclic) bond motifs is 1. The molecular formula is C17H20O6. The van der Waals surface area contributed by atoms with Gasteiger partial charge in [0.15, 0.2) is 23.8 Å². The maximum Gasteiger partial charge on any atom is 0.191 e. The van der Waals surface area contributed by atoms with Gasteiger partial charge in [-0.3, -0.25) is 0 Å². The Morgan fingerprint density at radius 1 is 1.22 bits per heavy atom. The Hall–Kier alpha value is -1.46. The monoisotopic (exact) mass is 320 g/mol. The van der Waals surface area contributed by atoms with Crippen molar-refractivity contribution in [3.05, 3.63) is 35.9 Å². The molecule has 5 atom stereocenters. The highest BCUT2D eigenvalue weighted by Crippen LogP contribution is 2.43. The molecule has 23 heavy (non-hydrogen) atoms. The van der Waals surface area contributed by atoms with Crippen LogP contribution in [0, 0.1) is 11.8 Å². The van der Waals surface area contributed by atoms with Crippen molar-refractivity contribution in [3.63, 3.8) is 0 Å². The van der Waals surface area contributed by atoms with Gasteiger partial charge in [-0.1, -0.05) is 30.0 Å². The molecule has 1 aromatic carbocycles. The van der Waals surface area contributed by atoms with E-state index in [1.54, 1.807) is 26.0 Å². The number of hydrogen-bond acceptors (Lipinski definition) is 6. The van der Waals surface area contributed by atoms with Crippen molar-refractivity contribution in [2.75, 3.05) is 6.61 Å². The summed E-state index contributed by atoms with van der Waals surface area (Å²) in [6, 6.07) is 9.14. The van der Waals surface area contributed by atoms with E-state index in [0.29, 0.717) is 5.56 Å². The van der Waals surface area contributed by atoms with Crippen molar-refractivity contribution in [1.29, 1.82) is 0 Å². The van der Waals surface area contributed by atoms with Gasteiger partial charge in [0.05, 0.1) is 6.61 Å². The summed E-state index contributed by atoms with van der Waals surface area (Å²) in [4.78, 5) is 0. The molecule has 0 unspecified atom stereocenters. The van der Waals surface area contributed by atoms with Crippen molar-refractivity contribution in [3.8, 4) is 11.8 Å². The molecule has 124 valence electrons. The zero-order valence-electron chi connectivity index (χ0n) is 13.0. The quantitative estimate of drug-likeness (QED) is 0.665. The molecule has 2 aliphatic heterocycles. The number of aliphatic hydroxyl groups excluding tert-OH is 2. The molecule has 0 spiro atoms. The van der Waals surface area contributed by atoms with Crippen molar-refractivity contribution in [2.45, 2.75) is 49.8 Å². The molecule has 6 nitrogen and oxygen atoms in total. The fourth-order valence-corrected chi connectivity index (χ4v) is 2.85. The molecule has 2 heterocycles. The van der Waals surface area contributed by atoms with Gasteiger partial charge in [-0.15, -0.1) is 0 Å². The minimum absolute atomic E-state index is 0.567. The molecule has 2 aliphatic rings. The second kappa shape index (κ2) is 5.87. The van der Waals surface area contributed by atoms with Crippen LogP contribution < -0.4 is 0 Å². The zero-order valence-corrected chi connectivity index (χ0v) is 13.0. The van der Waals surface area contributed by atoms with Gasteiger partial charge in [-0.25, -0.2) is 0 Å². The second-order valence-electron chi connectivity index (χ2n) is 6.17. The minimum Gasteiger partial charge on any atom is -0.394 e. The first kappa shape index (κ1) is 16.4. The van der Waals surface area contributed by atoms with Crippen LogP contribution in [0.25, 0.3) is 0 Å². The molecular weight excluding hydrogens is 300 g/mol. The Labute approximate surface area is 134 Å². The maximum atomic E-state index is 11.0. The summed E-state index contributed by atoms with van der Waals surface area (Å²) in [5, 5.41) is 30.2. The smallest absolute Gasteiger partial charge is 0.191 e. The van der Waals surface area contributed by atoms with E-state index in [0.717, 1.165) is 0 Å². The van der Waals surface area contributed by atoms with Crippen LogP contribution in [0.1, 0.15) is 19.4 Å². The molecule has 3 rings (SSSR count). The van der Waals surface area contributed by atoms with Crippen molar-refractivity contribution in [2.24, 2.45) is 0 Å². The normalized spacial score (nSPS) is 36.1. The van der Waals surface area contributed by atoms with E-state index in [9.17, 15) is 15.3 Å². The fraction of sp³-hybridized carbons (Fsp3) is 0.529. The fourth-order valence-electron chi connectivity index (χ4n) is 2.85. The summed E-state index contributed by atoms with van der Waals surface area (Å²) < 4.78 is 16.9. The SMILES string of the molecule is CC1(C)O[C@H]2O[C@H]([C@H](O)CO)[C@@](O)(C#Cc3ccccc3)[C@H]2O1. The second-order valence-corrected chi connectivity index (χ2v) is 6.17. The first-order chi connectivity index (χ1) is 10.9. The van der Waals surface area contributed by atoms with Crippen molar-refractivity contribution < 1.29 is 29.5 Å². The average Bonchev–Trinajstić information content (AvgIpc) is 2.98. The summed E-state index contributed by atoms with van der Waals surface area (Å²) in [5.74, 6) is 4.70. The van der Waals surface area contributed by atoms with Crippen molar-refractivity contribution in [1.82, 2.24) is 0 Å². The molecule has 2 fully saturated rings. The van der Waals surface area contributed by atoms with Crippen LogP contribution in [0.15, 0.2) is 30.3 Å². The highest BCUT2D eigenvalue weighted by Gasteiger charge is 2.64. The Morgan fingerprint density at radius 3 is 2.57 bits per heavy atom. The van der Waals surface area contributed by atoms with Crippen LogP contribution in [0.3, 0.4) is 0 Å². The molecule has 0 saturated carbocycles. The first-order valence-electron chi connectivity index (χ1n) is 7.46. The third-order valence-corrected chi connectivity index (χ3v) is 3.92. The average molecular weight is 320 g/mol. The van der Waals surface area contributed by atoms with E-state index in [2.05, 4.69) is 11.8 Å². The molecule has 0 aliphatic carbocycles. The van der Waals surface area contributed by atoms with Gasteiger partial charge < -0.3 is 29.5 Å². The largest absolute Gasteiger partial charge is 0.394 e. The van der Waals surface area contributed by atoms with Gasteiger partial charge in [-0.05, 0) is 26.0 Å². The third-order valence-electron chi connectivity index (χ3n) is 3.92. The van der Waals surface area contributed by atoms with Crippen LogP contribution in [0.2, 0.25) is 0 Å². The summed E-state index contributed by atoms with van der Waals surface area (Å²) in [6.45, 7) is 2.84. The molecule has 1 aromatic rings. The third kappa shape index (κ3) is 3.00. The summed E-state index contributed by atoms with van der Waals surface area (Å²) in [5.41, 5.74) is -1.09. The molecule has 0 amide bonds. The van der Waals surface area contributed by atoms with E-state index < -0.39 is 42.6 Å². The zero-order chi connectivity index (χ0) is 16.7. The Kier molecular flexibility index (Phi) is 4.19. The number of ether oxygens (including phenoxy) is 3. The Bertz CT molecular complexity index is 619. The van der Waals surface area contributed by atoms with Crippen LogP contribution >= 0.6 is 0 Å². The molecule has 2 saturated heterocycles. The van der Waals surface area contributed by atoms with E-state index in [1.165, 1.54) is 0 Å². The van der Waals surface area contributed by atoms with Crippen LogP contribution in [-0.2, 0) is 14.2 Å². The topological polar surface area (TPSA) is 88.4 Å².